The van der Waals surface area contributed by atoms with E-state index in [4.69, 9.17) is 15.3 Å². The number of ether oxygens (including phenoxy) is 2. The van der Waals surface area contributed by atoms with E-state index in [0.29, 0.717) is 32.3 Å². The van der Waals surface area contributed by atoms with Gasteiger partial charge in [0.2, 0.25) is 0 Å². The van der Waals surface area contributed by atoms with Crippen molar-refractivity contribution in [2.24, 2.45) is 11.8 Å². The number of rotatable bonds is 6. The van der Waals surface area contributed by atoms with Crippen LogP contribution in [0.25, 0.3) is 0 Å². The minimum Gasteiger partial charge on any atom is -0.487 e. The third kappa shape index (κ3) is 5.38. The summed E-state index contributed by atoms with van der Waals surface area (Å²) in [4.78, 5) is 44.9. The van der Waals surface area contributed by atoms with Gasteiger partial charge < -0.3 is 14.8 Å². The lowest BCUT2D eigenvalue weighted by molar-refractivity contribution is -0.384. The Kier molecular flexibility index (Phi) is 7.42. The molecule has 29 heavy (non-hydrogen) atoms. The fourth-order valence-corrected chi connectivity index (χ4v) is 3.00. The number of hydrogen-bond donors (Lipinski definition) is 3. The average Bonchev–Trinajstić information content (AvgIpc) is 2.70. The van der Waals surface area contributed by atoms with E-state index < -0.39 is 40.0 Å². The number of nitrogens with one attached hydrogen (secondary N) is 2. The molecule has 2 rings (SSSR count). The third-order valence-corrected chi connectivity index (χ3v) is 4.44. The van der Waals surface area contributed by atoms with Crippen LogP contribution < -0.4 is 21.3 Å². The summed E-state index contributed by atoms with van der Waals surface area (Å²) < 4.78 is 25.4. The van der Waals surface area contributed by atoms with Gasteiger partial charge >= 0.3 is 17.8 Å². The third-order valence-electron chi connectivity index (χ3n) is 4.44. The predicted molar refractivity (Wildman–Crippen MR) is 97.0 cm³/mol. The smallest absolute Gasteiger partial charge is 0.323 e. The van der Waals surface area contributed by atoms with E-state index in [9.17, 15) is 28.9 Å². The Bertz CT molecular complexity index is 809. The molecule has 1 saturated carbocycles. The lowest BCUT2D eigenvalue weighted by Gasteiger charge is -2.28. The molecule has 11 nitrogen and oxygen atoms in total. The molecule has 0 saturated heterocycles. The highest BCUT2D eigenvalue weighted by atomic mass is 19.1. The van der Waals surface area contributed by atoms with Crippen molar-refractivity contribution in [2.45, 2.75) is 38.7 Å². The normalized spacial score (nSPS) is 18.4. The Morgan fingerprint density at radius 1 is 1.24 bits per heavy atom. The molecule has 1 aromatic carbocycles. The van der Waals surface area contributed by atoms with Crippen LogP contribution in [0.15, 0.2) is 12.1 Å². The predicted octanol–water partition coefficient (Wildman–Crippen LogP) is 1.16. The minimum atomic E-state index is -1.37. The zero-order chi connectivity index (χ0) is 21.6. The first kappa shape index (κ1) is 22.0. The SMILES string of the molecule is CCOC(=O)[C@H]1CC[C@H](Oc2ccc([N+](=O)[O-])c(NC(=O)C(=O)NN)c2F)CC1. The first-order valence-corrected chi connectivity index (χ1v) is 8.90. The summed E-state index contributed by atoms with van der Waals surface area (Å²) in [5, 5.41) is 13.0. The molecule has 0 spiro atoms. The Balaban J connectivity index is 2.15. The first-order valence-electron chi connectivity index (χ1n) is 8.90. The maximum absolute atomic E-state index is 14.8. The highest BCUT2D eigenvalue weighted by molar-refractivity contribution is 6.39. The van der Waals surface area contributed by atoms with Crippen LogP contribution in [0.4, 0.5) is 15.8 Å². The standard InChI is InChI=1S/C17H21FN4O7/c1-2-28-17(25)9-3-5-10(6-4-9)29-12-8-7-11(22(26)27)14(13(12)18)20-15(23)16(24)21-19/h7-10H,2-6,19H2,1H3,(H,20,23)(H,21,24)/t9-,10-. The van der Waals surface area contributed by atoms with Crippen molar-refractivity contribution in [1.82, 2.24) is 5.43 Å². The van der Waals surface area contributed by atoms with Gasteiger partial charge in [-0.3, -0.25) is 29.9 Å². The maximum Gasteiger partial charge on any atom is 0.323 e. The molecule has 0 unspecified atom stereocenters. The van der Waals surface area contributed by atoms with Gasteiger partial charge in [0.15, 0.2) is 17.3 Å². The quantitative estimate of drug-likeness (QED) is 0.156. The monoisotopic (exact) mass is 412 g/mol. The van der Waals surface area contributed by atoms with Crippen molar-refractivity contribution in [1.29, 1.82) is 0 Å². The van der Waals surface area contributed by atoms with Gasteiger partial charge in [0.25, 0.3) is 5.69 Å². The number of nitro groups is 1. The largest absolute Gasteiger partial charge is 0.487 e. The number of carbonyl (C=O) groups is 3. The second-order valence-electron chi connectivity index (χ2n) is 6.30. The molecule has 0 bridgehead atoms. The summed E-state index contributed by atoms with van der Waals surface area (Å²) in [7, 11) is 0. The summed E-state index contributed by atoms with van der Waals surface area (Å²) >= 11 is 0. The first-order chi connectivity index (χ1) is 13.8. The van der Waals surface area contributed by atoms with Gasteiger partial charge in [0.05, 0.1) is 23.6 Å². The fourth-order valence-electron chi connectivity index (χ4n) is 3.00. The van der Waals surface area contributed by atoms with Gasteiger partial charge in [-0.15, -0.1) is 0 Å². The topological polar surface area (TPSA) is 163 Å². The summed E-state index contributed by atoms with van der Waals surface area (Å²) in [6, 6.07) is 2.03. The van der Waals surface area contributed by atoms with Crippen LogP contribution in [-0.2, 0) is 19.1 Å². The van der Waals surface area contributed by atoms with Crippen molar-refractivity contribution in [2.75, 3.05) is 11.9 Å². The molecule has 1 aromatic rings. The van der Waals surface area contributed by atoms with Crippen molar-refractivity contribution in [3.63, 3.8) is 0 Å². The summed E-state index contributed by atoms with van der Waals surface area (Å²) in [6.45, 7) is 2.01. The van der Waals surface area contributed by atoms with Crippen LogP contribution in [0, 0.1) is 21.8 Å². The van der Waals surface area contributed by atoms with Gasteiger partial charge in [-0.25, -0.2) is 10.2 Å². The molecule has 0 atom stereocenters. The van der Waals surface area contributed by atoms with Crippen LogP contribution in [0.1, 0.15) is 32.6 Å². The Hall–Kier alpha value is -3.28. The van der Waals surface area contributed by atoms with Crippen LogP contribution in [0.2, 0.25) is 0 Å². The minimum absolute atomic E-state index is 0.249. The molecule has 0 heterocycles. The molecule has 12 heteroatoms. The zero-order valence-electron chi connectivity index (χ0n) is 15.6. The van der Waals surface area contributed by atoms with Gasteiger partial charge in [-0.05, 0) is 38.7 Å². The van der Waals surface area contributed by atoms with Gasteiger partial charge in [-0.2, -0.15) is 0 Å². The molecule has 1 aliphatic carbocycles. The number of esters is 1. The number of nitrogens with two attached hydrogens (primary N) is 1. The second kappa shape index (κ2) is 9.78. The van der Waals surface area contributed by atoms with Gasteiger partial charge in [0, 0.05) is 6.07 Å². The molecule has 1 fully saturated rings. The van der Waals surface area contributed by atoms with Crippen LogP contribution in [0.5, 0.6) is 5.75 Å². The van der Waals surface area contributed by atoms with Crippen LogP contribution in [-0.4, -0.2) is 35.4 Å². The number of benzene rings is 1. The summed E-state index contributed by atoms with van der Waals surface area (Å²) in [6.07, 6.45) is 1.48. The van der Waals surface area contributed by atoms with Crippen LogP contribution in [0.3, 0.4) is 0 Å². The molecular weight excluding hydrogens is 391 g/mol. The number of hydrazine groups is 1. The van der Waals surface area contributed by atoms with Crippen molar-refractivity contribution in [3.05, 3.63) is 28.1 Å². The zero-order valence-corrected chi connectivity index (χ0v) is 15.6. The van der Waals surface area contributed by atoms with E-state index in [1.807, 2.05) is 5.32 Å². The van der Waals surface area contributed by atoms with E-state index in [2.05, 4.69) is 0 Å². The molecule has 4 N–H and O–H groups in total. The number of carbonyl (C=O) groups excluding carboxylic acids is 3. The molecule has 158 valence electrons. The number of amides is 2. The van der Waals surface area contributed by atoms with E-state index in [-0.39, 0.29) is 17.6 Å². The molecule has 1 aliphatic rings. The molecule has 0 aliphatic heterocycles. The van der Waals surface area contributed by atoms with E-state index in [1.54, 1.807) is 12.3 Å². The molecule has 2 amide bonds. The van der Waals surface area contributed by atoms with E-state index in [1.165, 1.54) is 0 Å². The number of hydrogen-bond acceptors (Lipinski definition) is 8. The van der Waals surface area contributed by atoms with E-state index in [0.717, 1.165) is 12.1 Å². The van der Waals surface area contributed by atoms with Gasteiger partial charge in [0.1, 0.15) is 0 Å². The Morgan fingerprint density at radius 3 is 2.45 bits per heavy atom. The highest BCUT2D eigenvalue weighted by Crippen LogP contribution is 2.36. The second-order valence-corrected chi connectivity index (χ2v) is 6.30. The highest BCUT2D eigenvalue weighted by Gasteiger charge is 2.30. The fraction of sp³-hybridized carbons (Fsp3) is 0.471. The Labute approximate surface area is 164 Å². The average molecular weight is 412 g/mol. The summed E-state index contributed by atoms with van der Waals surface area (Å²) in [5.41, 5.74) is -0.0119. The number of halogens is 1. The van der Waals surface area contributed by atoms with Crippen LogP contribution >= 0.6 is 0 Å². The number of nitrogens with zero attached hydrogens (tertiary/aromatic N) is 1. The lowest BCUT2D eigenvalue weighted by atomic mass is 9.87. The number of nitro benzene ring substituents is 1. The van der Waals surface area contributed by atoms with Crippen molar-refractivity contribution < 1.29 is 33.2 Å². The lowest BCUT2D eigenvalue weighted by Crippen LogP contribution is -2.39. The molecule has 0 radical (unpaired) electrons. The van der Waals surface area contributed by atoms with E-state index >= 15 is 0 Å². The van der Waals surface area contributed by atoms with Gasteiger partial charge in [-0.1, -0.05) is 0 Å². The van der Waals surface area contributed by atoms with Crippen molar-refractivity contribution >= 4 is 29.2 Å². The molecular formula is C17H21FN4O7. The van der Waals surface area contributed by atoms with Crippen molar-refractivity contribution in [3.8, 4) is 5.75 Å². The molecule has 0 aromatic heterocycles. The number of anilines is 1. The Morgan fingerprint density at radius 2 is 1.90 bits per heavy atom. The maximum atomic E-state index is 14.8. The summed E-state index contributed by atoms with van der Waals surface area (Å²) in [5.74, 6) is 0.104.